The van der Waals surface area contributed by atoms with E-state index in [1.54, 1.807) is 6.92 Å². The van der Waals surface area contributed by atoms with E-state index in [1.165, 1.54) is 12.5 Å². The fraction of sp³-hybridized carbons (Fsp3) is 0.708. The van der Waals surface area contributed by atoms with Crippen LogP contribution in [0.4, 0.5) is 0 Å². The van der Waals surface area contributed by atoms with Crippen molar-refractivity contribution in [3.8, 4) is 0 Å². The molecule has 0 aromatic carbocycles. The summed E-state index contributed by atoms with van der Waals surface area (Å²) < 4.78 is 0. The van der Waals surface area contributed by atoms with E-state index in [-0.39, 0.29) is 24.2 Å². The summed E-state index contributed by atoms with van der Waals surface area (Å²) in [5.74, 6) is -2.78. The molecule has 1 rings (SSSR count). The first-order chi connectivity index (χ1) is 16.3. The summed E-state index contributed by atoms with van der Waals surface area (Å²) in [4.78, 5) is 57.5. The number of rotatable bonds is 15. The van der Waals surface area contributed by atoms with Gasteiger partial charge in [0.15, 0.2) is 0 Å². The zero-order valence-electron chi connectivity index (χ0n) is 21.6. The molecule has 0 saturated heterocycles. The summed E-state index contributed by atoms with van der Waals surface area (Å²) in [7, 11) is 0. The highest BCUT2D eigenvalue weighted by Crippen LogP contribution is 2.11. The third kappa shape index (κ3) is 10.5. The van der Waals surface area contributed by atoms with E-state index in [1.807, 2.05) is 34.6 Å². The number of nitrogens with one attached hydrogen (secondary N) is 4. The molecule has 198 valence electrons. The molecule has 5 atom stereocenters. The van der Waals surface area contributed by atoms with Crippen molar-refractivity contribution in [1.29, 1.82) is 0 Å². The zero-order chi connectivity index (χ0) is 26.7. The second kappa shape index (κ2) is 14.4. The molecular formula is C24H42N6O5. The van der Waals surface area contributed by atoms with Gasteiger partial charge in [-0.2, -0.15) is 0 Å². The van der Waals surface area contributed by atoms with Gasteiger partial charge in [-0.05, 0) is 30.6 Å². The van der Waals surface area contributed by atoms with Gasteiger partial charge in [0.05, 0.1) is 12.4 Å². The zero-order valence-corrected chi connectivity index (χ0v) is 21.6. The van der Waals surface area contributed by atoms with Crippen LogP contribution in [0.2, 0.25) is 0 Å². The number of nitrogens with zero attached hydrogens (tertiary/aromatic N) is 1. The van der Waals surface area contributed by atoms with E-state index >= 15 is 0 Å². The monoisotopic (exact) mass is 494 g/mol. The first-order valence-electron chi connectivity index (χ1n) is 12.2. The Balaban J connectivity index is 3.08. The van der Waals surface area contributed by atoms with Crippen LogP contribution in [-0.4, -0.2) is 62.9 Å². The number of carboxylic acids is 1. The molecule has 0 bridgehead atoms. The van der Waals surface area contributed by atoms with E-state index in [4.69, 9.17) is 5.73 Å². The lowest BCUT2D eigenvalue weighted by Gasteiger charge is -2.27. The van der Waals surface area contributed by atoms with Crippen molar-refractivity contribution in [3.05, 3.63) is 18.2 Å². The largest absolute Gasteiger partial charge is 0.480 e. The Morgan fingerprint density at radius 3 is 2.00 bits per heavy atom. The van der Waals surface area contributed by atoms with Crippen molar-refractivity contribution in [2.24, 2.45) is 23.5 Å². The maximum Gasteiger partial charge on any atom is 0.326 e. The molecule has 11 heteroatoms. The Kier molecular flexibility index (Phi) is 12.4. The fourth-order valence-electron chi connectivity index (χ4n) is 3.63. The summed E-state index contributed by atoms with van der Waals surface area (Å²) in [5, 5.41) is 17.5. The summed E-state index contributed by atoms with van der Waals surface area (Å²) in [5.41, 5.74) is 6.57. The average molecular weight is 495 g/mol. The molecule has 1 aromatic heterocycles. The Morgan fingerprint density at radius 2 is 1.51 bits per heavy atom. The van der Waals surface area contributed by atoms with Gasteiger partial charge in [0, 0.05) is 18.3 Å². The number of carbonyl (C=O) groups excluding carboxylic acids is 3. The lowest BCUT2D eigenvalue weighted by atomic mass is 9.98. The number of carbonyl (C=O) groups is 4. The van der Waals surface area contributed by atoms with Crippen LogP contribution < -0.4 is 21.7 Å². The molecule has 1 aromatic rings. The molecule has 1 heterocycles. The van der Waals surface area contributed by atoms with Crippen LogP contribution in [0.25, 0.3) is 0 Å². The van der Waals surface area contributed by atoms with Gasteiger partial charge in [-0.1, -0.05) is 48.0 Å². The molecule has 0 aliphatic carbocycles. The molecule has 0 fully saturated rings. The highest BCUT2D eigenvalue weighted by molar-refractivity contribution is 5.94. The van der Waals surface area contributed by atoms with Crippen molar-refractivity contribution in [2.45, 2.75) is 91.4 Å². The molecule has 7 N–H and O–H groups in total. The Hall–Kier alpha value is -2.95. The predicted molar refractivity (Wildman–Crippen MR) is 132 cm³/mol. The van der Waals surface area contributed by atoms with E-state index < -0.39 is 47.9 Å². The second-order valence-corrected chi connectivity index (χ2v) is 9.98. The molecule has 0 radical (unpaired) electrons. The van der Waals surface area contributed by atoms with Crippen LogP contribution in [0.1, 0.15) is 66.5 Å². The Morgan fingerprint density at radius 1 is 0.943 bits per heavy atom. The van der Waals surface area contributed by atoms with Gasteiger partial charge in [0.1, 0.15) is 18.1 Å². The van der Waals surface area contributed by atoms with Crippen molar-refractivity contribution in [1.82, 2.24) is 25.9 Å². The third-order valence-corrected chi connectivity index (χ3v) is 5.79. The smallest absolute Gasteiger partial charge is 0.326 e. The molecule has 0 saturated carbocycles. The van der Waals surface area contributed by atoms with Gasteiger partial charge in [0.25, 0.3) is 0 Å². The fourth-order valence-corrected chi connectivity index (χ4v) is 3.63. The van der Waals surface area contributed by atoms with Crippen LogP contribution in [0.3, 0.4) is 0 Å². The van der Waals surface area contributed by atoms with Crippen molar-refractivity contribution < 1.29 is 24.3 Å². The minimum Gasteiger partial charge on any atom is -0.480 e. The number of hydrogen-bond donors (Lipinski definition) is 6. The van der Waals surface area contributed by atoms with Crippen LogP contribution in [0, 0.1) is 17.8 Å². The standard InChI is InChI=1S/C24H42N6O5/c1-7-15(6)20(24(34)35)30-23(33)19(10-16-11-26-12-27-16)29-22(32)18(9-14(4)5)28-21(31)17(25)8-13(2)3/h11-15,17-20H,7-10,25H2,1-6H3,(H,26,27)(H,28,31)(H,29,32)(H,30,33)(H,34,35). The lowest BCUT2D eigenvalue weighted by molar-refractivity contribution is -0.143. The lowest BCUT2D eigenvalue weighted by Crippen LogP contribution is -2.58. The maximum atomic E-state index is 13.2. The minimum atomic E-state index is -1.15. The number of aliphatic carboxylic acids is 1. The number of hydrogen-bond acceptors (Lipinski definition) is 6. The summed E-state index contributed by atoms with van der Waals surface area (Å²) in [6.07, 6.45) is 4.40. The molecule has 0 aliphatic rings. The highest BCUT2D eigenvalue weighted by Gasteiger charge is 2.32. The molecular weight excluding hydrogens is 452 g/mol. The normalized spacial score (nSPS) is 15.7. The number of aromatic amines is 1. The predicted octanol–water partition coefficient (Wildman–Crippen LogP) is 0.957. The van der Waals surface area contributed by atoms with Crippen LogP contribution in [-0.2, 0) is 25.6 Å². The van der Waals surface area contributed by atoms with E-state index in [0.717, 1.165) is 0 Å². The number of carboxylic acid groups (broad SMARTS) is 1. The quantitative estimate of drug-likeness (QED) is 0.210. The number of nitrogens with two attached hydrogens (primary N) is 1. The van der Waals surface area contributed by atoms with Crippen LogP contribution in [0.15, 0.2) is 12.5 Å². The number of imidazole rings is 1. The molecule has 3 amide bonds. The van der Waals surface area contributed by atoms with Gasteiger partial charge in [-0.15, -0.1) is 0 Å². The van der Waals surface area contributed by atoms with Gasteiger partial charge in [-0.3, -0.25) is 14.4 Å². The topological polar surface area (TPSA) is 179 Å². The summed E-state index contributed by atoms with van der Waals surface area (Å²) in [6.45, 7) is 11.3. The number of H-pyrrole nitrogens is 1. The van der Waals surface area contributed by atoms with Crippen LogP contribution in [0.5, 0.6) is 0 Å². The number of amides is 3. The summed E-state index contributed by atoms with van der Waals surface area (Å²) in [6, 6.07) is -3.84. The van der Waals surface area contributed by atoms with E-state index in [2.05, 4.69) is 25.9 Å². The Bertz CT molecular complexity index is 826. The SMILES string of the molecule is CCC(C)C(NC(=O)C(Cc1cnc[nH]1)NC(=O)C(CC(C)C)NC(=O)C(N)CC(C)C)C(=O)O. The van der Waals surface area contributed by atoms with E-state index in [9.17, 15) is 24.3 Å². The first kappa shape index (κ1) is 30.1. The minimum absolute atomic E-state index is 0.0691. The molecule has 35 heavy (non-hydrogen) atoms. The average Bonchev–Trinajstić information content (AvgIpc) is 3.27. The summed E-state index contributed by atoms with van der Waals surface area (Å²) >= 11 is 0. The first-order valence-corrected chi connectivity index (χ1v) is 12.2. The van der Waals surface area contributed by atoms with Crippen molar-refractivity contribution in [2.75, 3.05) is 0 Å². The van der Waals surface area contributed by atoms with E-state index in [0.29, 0.717) is 25.0 Å². The molecule has 0 aliphatic heterocycles. The number of aromatic nitrogens is 2. The van der Waals surface area contributed by atoms with Gasteiger partial charge in [-0.25, -0.2) is 9.78 Å². The van der Waals surface area contributed by atoms with Crippen molar-refractivity contribution in [3.63, 3.8) is 0 Å². The van der Waals surface area contributed by atoms with Crippen LogP contribution >= 0.6 is 0 Å². The van der Waals surface area contributed by atoms with Gasteiger partial charge < -0.3 is 31.8 Å². The molecule has 0 spiro atoms. The maximum absolute atomic E-state index is 13.2. The second-order valence-electron chi connectivity index (χ2n) is 9.98. The van der Waals surface area contributed by atoms with Gasteiger partial charge in [0.2, 0.25) is 17.7 Å². The molecule has 5 unspecified atom stereocenters. The highest BCUT2D eigenvalue weighted by atomic mass is 16.4. The molecule has 11 nitrogen and oxygen atoms in total. The third-order valence-electron chi connectivity index (χ3n) is 5.79. The van der Waals surface area contributed by atoms with Crippen molar-refractivity contribution >= 4 is 23.7 Å². The van der Waals surface area contributed by atoms with Gasteiger partial charge >= 0.3 is 5.97 Å². The Labute approximate surface area is 207 Å².